The number of nitrogens with zero attached hydrogens (tertiary/aromatic N) is 2. The number of allylic oxidation sites excluding steroid dienone is 8. The van der Waals surface area contributed by atoms with Crippen molar-refractivity contribution in [1.29, 1.82) is 0 Å². The molecule has 0 fully saturated rings. The van der Waals surface area contributed by atoms with Crippen molar-refractivity contribution in [3.05, 3.63) is 198 Å². The standard InChI is InChI=1S/C46H42N2/c1-3-40(29-23-36-15-7-4-8-16-36)47(41-18-9-5-10-19-41)43-30-24-37(25-31-43)38-26-32-44(33-27-38)48(42-20-11-6-12-21-42)46-34-28-39-17-13-14-22-45(39)35(46)2/h4-15,17-35,46H,3,16H2,1-2H3/b36-23-,40-29+. The molecular weight excluding hydrogens is 581 g/mol. The maximum atomic E-state index is 2.48. The van der Waals surface area contributed by atoms with E-state index in [0.29, 0.717) is 5.92 Å². The van der Waals surface area contributed by atoms with Gasteiger partial charge in [0.2, 0.25) is 0 Å². The van der Waals surface area contributed by atoms with Gasteiger partial charge in [-0.3, -0.25) is 0 Å². The Morgan fingerprint density at radius 2 is 1.23 bits per heavy atom. The highest BCUT2D eigenvalue weighted by Crippen LogP contribution is 2.40. The molecule has 5 aromatic rings. The molecule has 2 unspecified atom stereocenters. The summed E-state index contributed by atoms with van der Waals surface area (Å²) in [5.41, 5.74) is 12.4. The predicted molar refractivity (Wildman–Crippen MR) is 206 cm³/mol. The quantitative estimate of drug-likeness (QED) is 0.161. The highest BCUT2D eigenvalue weighted by molar-refractivity contribution is 5.75. The van der Waals surface area contributed by atoms with E-state index in [-0.39, 0.29) is 6.04 Å². The predicted octanol–water partition coefficient (Wildman–Crippen LogP) is 12.6. The average molecular weight is 623 g/mol. The van der Waals surface area contributed by atoms with E-state index in [2.05, 4.69) is 206 Å². The van der Waals surface area contributed by atoms with Crippen molar-refractivity contribution in [2.24, 2.45) is 0 Å². The first-order valence-electron chi connectivity index (χ1n) is 17.1. The number of benzene rings is 5. The van der Waals surface area contributed by atoms with Gasteiger partial charge >= 0.3 is 0 Å². The summed E-state index contributed by atoms with van der Waals surface area (Å²) in [5.74, 6) is 0.348. The molecule has 2 nitrogen and oxygen atoms in total. The van der Waals surface area contributed by atoms with Crippen LogP contribution >= 0.6 is 0 Å². The molecule has 7 rings (SSSR count). The van der Waals surface area contributed by atoms with Gasteiger partial charge in [0.05, 0.1) is 6.04 Å². The first kappa shape index (κ1) is 31.0. The van der Waals surface area contributed by atoms with Gasteiger partial charge in [0.15, 0.2) is 0 Å². The number of rotatable bonds is 9. The van der Waals surface area contributed by atoms with Gasteiger partial charge < -0.3 is 9.80 Å². The Labute approximate surface area is 286 Å². The number of anilines is 4. The monoisotopic (exact) mass is 622 g/mol. The molecule has 0 spiro atoms. The molecule has 2 aliphatic rings. The lowest BCUT2D eigenvalue weighted by Crippen LogP contribution is -2.35. The first-order chi connectivity index (χ1) is 23.7. The van der Waals surface area contributed by atoms with E-state index >= 15 is 0 Å². The van der Waals surface area contributed by atoms with Gasteiger partial charge in [-0.15, -0.1) is 0 Å². The second kappa shape index (κ2) is 14.4. The number of fused-ring (bicyclic) bond motifs is 1. The summed E-state index contributed by atoms with van der Waals surface area (Å²) in [6, 6.07) is 48.5. The van der Waals surface area contributed by atoms with E-state index in [1.54, 1.807) is 0 Å². The lowest BCUT2D eigenvalue weighted by Gasteiger charge is -2.38. The average Bonchev–Trinajstić information content (AvgIpc) is 3.16. The first-order valence-corrected chi connectivity index (χ1v) is 17.1. The third kappa shape index (κ3) is 6.61. The summed E-state index contributed by atoms with van der Waals surface area (Å²) >= 11 is 0. The SMILES string of the molecule is CC/C(=C\C=C1\C=CC=CC1)N(c1ccccc1)c1ccc(-c2ccc(N(c3ccccc3)C3C=Cc4ccccc4C3C)cc2)cc1. The van der Waals surface area contributed by atoms with Crippen LogP contribution in [-0.4, -0.2) is 6.04 Å². The summed E-state index contributed by atoms with van der Waals surface area (Å²) in [5, 5.41) is 0. The Morgan fingerprint density at radius 3 is 1.88 bits per heavy atom. The molecule has 2 heteroatoms. The molecule has 0 amide bonds. The summed E-state index contributed by atoms with van der Waals surface area (Å²) in [4.78, 5) is 4.86. The Kier molecular flexibility index (Phi) is 9.33. The van der Waals surface area contributed by atoms with Crippen molar-refractivity contribution in [3.8, 4) is 11.1 Å². The molecule has 48 heavy (non-hydrogen) atoms. The van der Waals surface area contributed by atoms with Gasteiger partial charge in [0.25, 0.3) is 0 Å². The Hall–Kier alpha value is -5.60. The van der Waals surface area contributed by atoms with E-state index in [1.807, 2.05) is 0 Å². The third-order valence-electron chi connectivity index (χ3n) is 9.47. The van der Waals surface area contributed by atoms with Gasteiger partial charge in [-0.05, 0) is 95.3 Å². The number of hydrogen-bond donors (Lipinski definition) is 0. The molecule has 5 aromatic carbocycles. The summed E-state index contributed by atoms with van der Waals surface area (Å²) in [6.07, 6.45) is 19.7. The maximum Gasteiger partial charge on any atom is 0.0591 e. The summed E-state index contributed by atoms with van der Waals surface area (Å²) in [7, 11) is 0. The van der Waals surface area contributed by atoms with Crippen molar-refractivity contribution < 1.29 is 0 Å². The van der Waals surface area contributed by atoms with Gasteiger partial charge in [-0.25, -0.2) is 0 Å². The van der Waals surface area contributed by atoms with E-state index in [0.717, 1.165) is 24.2 Å². The molecule has 0 bridgehead atoms. The maximum absolute atomic E-state index is 2.48. The van der Waals surface area contributed by atoms with Gasteiger partial charge in [-0.1, -0.05) is 141 Å². The molecule has 0 saturated heterocycles. The summed E-state index contributed by atoms with van der Waals surface area (Å²) in [6.45, 7) is 4.58. The fourth-order valence-corrected chi connectivity index (χ4v) is 6.90. The third-order valence-corrected chi connectivity index (χ3v) is 9.47. The number of para-hydroxylation sites is 2. The highest BCUT2D eigenvalue weighted by atomic mass is 15.2. The molecule has 0 aromatic heterocycles. The molecule has 0 aliphatic heterocycles. The van der Waals surface area contributed by atoms with Gasteiger partial charge in [0.1, 0.15) is 0 Å². The van der Waals surface area contributed by atoms with E-state index in [4.69, 9.17) is 0 Å². The number of hydrogen-bond acceptors (Lipinski definition) is 2. The fraction of sp³-hybridized carbons (Fsp3) is 0.130. The molecule has 0 N–H and O–H groups in total. The van der Waals surface area contributed by atoms with Gasteiger partial charge in [-0.2, -0.15) is 0 Å². The van der Waals surface area contributed by atoms with Crippen LogP contribution in [0.1, 0.15) is 43.7 Å². The molecule has 2 atom stereocenters. The zero-order chi connectivity index (χ0) is 32.7. The topological polar surface area (TPSA) is 6.48 Å². The van der Waals surface area contributed by atoms with Crippen molar-refractivity contribution >= 4 is 28.8 Å². The fourth-order valence-electron chi connectivity index (χ4n) is 6.90. The zero-order valence-corrected chi connectivity index (χ0v) is 27.8. The molecule has 2 aliphatic carbocycles. The second-order valence-corrected chi connectivity index (χ2v) is 12.5. The lowest BCUT2D eigenvalue weighted by molar-refractivity contribution is 0.640. The van der Waals surface area contributed by atoms with Crippen LogP contribution in [-0.2, 0) is 0 Å². The zero-order valence-electron chi connectivity index (χ0n) is 27.8. The molecule has 0 heterocycles. The minimum Gasteiger partial charge on any atom is -0.334 e. The van der Waals surface area contributed by atoms with Crippen LogP contribution in [0.25, 0.3) is 17.2 Å². The van der Waals surface area contributed by atoms with Crippen LogP contribution in [0.2, 0.25) is 0 Å². The normalized spacial score (nSPS) is 17.7. The van der Waals surface area contributed by atoms with E-state index < -0.39 is 0 Å². The van der Waals surface area contributed by atoms with Crippen LogP contribution in [0.5, 0.6) is 0 Å². The summed E-state index contributed by atoms with van der Waals surface area (Å²) < 4.78 is 0. The Balaban J connectivity index is 1.18. The van der Waals surface area contributed by atoms with E-state index in [9.17, 15) is 0 Å². The lowest BCUT2D eigenvalue weighted by atomic mass is 9.83. The second-order valence-electron chi connectivity index (χ2n) is 12.5. The van der Waals surface area contributed by atoms with Crippen molar-refractivity contribution in [2.75, 3.05) is 9.80 Å². The van der Waals surface area contributed by atoms with Crippen LogP contribution < -0.4 is 9.80 Å². The molecule has 236 valence electrons. The highest BCUT2D eigenvalue weighted by Gasteiger charge is 2.29. The Bertz CT molecular complexity index is 1980. The Morgan fingerprint density at radius 1 is 0.646 bits per heavy atom. The van der Waals surface area contributed by atoms with Gasteiger partial charge in [0, 0.05) is 34.4 Å². The van der Waals surface area contributed by atoms with Crippen LogP contribution in [0.15, 0.2) is 187 Å². The minimum absolute atomic E-state index is 0.207. The molecular formula is C46H42N2. The van der Waals surface area contributed by atoms with Crippen LogP contribution in [0.4, 0.5) is 22.7 Å². The largest absolute Gasteiger partial charge is 0.334 e. The van der Waals surface area contributed by atoms with Crippen molar-refractivity contribution in [3.63, 3.8) is 0 Å². The van der Waals surface area contributed by atoms with Crippen molar-refractivity contribution in [2.45, 2.75) is 38.6 Å². The molecule has 0 saturated carbocycles. The van der Waals surface area contributed by atoms with E-state index in [1.165, 1.54) is 44.9 Å². The minimum atomic E-state index is 0.207. The van der Waals surface area contributed by atoms with Crippen molar-refractivity contribution in [1.82, 2.24) is 0 Å². The molecule has 0 radical (unpaired) electrons. The van der Waals surface area contributed by atoms with Crippen LogP contribution in [0.3, 0.4) is 0 Å². The smallest absolute Gasteiger partial charge is 0.0591 e. The van der Waals surface area contributed by atoms with Crippen LogP contribution in [0, 0.1) is 0 Å².